The first-order valence-electron chi connectivity index (χ1n) is 7.08. The molecule has 4 heteroatoms. The van der Waals surface area contributed by atoms with E-state index in [1.165, 1.54) is 4.90 Å². The zero-order chi connectivity index (χ0) is 13.7. The molecule has 4 rings (SSSR count). The topological polar surface area (TPSA) is 49.4 Å². The van der Waals surface area contributed by atoms with E-state index in [1.807, 2.05) is 30.3 Å². The van der Waals surface area contributed by atoms with Crippen LogP contribution < -0.4 is 5.32 Å². The number of hydrogen-bond acceptors (Lipinski definition) is 2. The number of urea groups is 1. The Kier molecular flexibility index (Phi) is 2.46. The second-order valence-corrected chi connectivity index (χ2v) is 5.86. The van der Waals surface area contributed by atoms with Gasteiger partial charge in [-0.2, -0.15) is 0 Å². The number of nitrogens with zero attached hydrogens (tertiary/aromatic N) is 1. The van der Waals surface area contributed by atoms with Crippen molar-refractivity contribution >= 4 is 11.9 Å². The number of amides is 3. The number of carbonyl (C=O) groups is 2. The zero-order valence-corrected chi connectivity index (χ0v) is 11.0. The molecule has 0 radical (unpaired) electrons. The predicted octanol–water partition coefficient (Wildman–Crippen LogP) is 1.93. The molecule has 20 heavy (non-hydrogen) atoms. The summed E-state index contributed by atoms with van der Waals surface area (Å²) in [5, 5.41) is 3.03. The van der Waals surface area contributed by atoms with Crippen LogP contribution in [0.2, 0.25) is 0 Å². The number of nitrogens with one attached hydrogen (secondary N) is 1. The molecule has 1 aromatic rings. The molecule has 0 spiro atoms. The fraction of sp³-hybridized carbons (Fsp3) is 0.375. The lowest BCUT2D eigenvalue weighted by Crippen LogP contribution is -2.60. The second-order valence-electron chi connectivity index (χ2n) is 5.86. The highest BCUT2D eigenvalue weighted by Gasteiger charge is 2.53. The summed E-state index contributed by atoms with van der Waals surface area (Å²) in [5.41, 5.74) is 0.980. The molecule has 4 nitrogen and oxygen atoms in total. The van der Waals surface area contributed by atoms with E-state index in [0.717, 1.165) is 12.0 Å². The predicted molar refractivity (Wildman–Crippen MR) is 73.5 cm³/mol. The number of carbonyl (C=O) groups excluding carboxylic acids is 2. The van der Waals surface area contributed by atoms with Crippen molar-refractivity contribution in [2.24, 2.45) is 17.8 Å². The Balaban J connectivity index is 1.60. The maximum absolute atomic E-state index is 12.6. The van der Waals surface area contributed by atoms with Gasteiger partial charge >= 0.3 is 6.03 Å². The lowest BCUT2D eigenvalue weighted by Gasteiger charge is -2.38. The van der Waals surface area contributed by atoms with Crippen molar-refractivity contribution in [1.29, 1.82) is 0 Å². The van der Waals surface area contributed by atoms with E-state index in [4.69, 9.17) is 0 Å². The van der Waals surface area contributed by atoms with E-state index in [0.29, 0.717) is 18.4 Å². The van der Waals surface area contributed by atoms with Gasteiger partial charge in [0, 0.05) is 6.04 Å². The molecule has 1 heterocycles. The molecule has 1 aliphatic heterocycles. The van der Waals surface area contributed by atoms with Gasteiger partial charge in [-0.1, -0.05) is 42.5 Å². The van der Waals surface area contributed by atoms with Gasteiger partial charge in [0.1, 0.15) is 0 Å². The van der Waals surface area contributed by atoms with Gasteiger partial charge in [-0.15, -0.1) is 0 Å². The molecule has 3 aliphatic rings. The standard InChI is InChI=1S/C16H16N2O2/c19-15-13-11-6-7-12(8-11)14(13)17-16(20)18(15)9-10-4-2-1-3-5-10/h1-7,11-14H,8-9H2,(H,17,20)/t11-,12+,13+,14-/m0/s1. The first kappa shape index (κ1) is 11.7. The highest BCUT2D eigenvalue weighted by molar-refractivity contribution is 5.99. The Morgan fingerprint density at radius 2 is 1.85 bits per heavy atom. The number of imide groups is 1. The van der Waals surface area contributed by atoms with Crippen LogP contribution in [-0.4, -0.2) is 22.9 Å². The molecule has 2 fully saturated rings. The number of benzene rings is 1. The molecule has 0 unspecified atom stereocenters. The van der Waals surface area contributed by atoms with Crippen molar-refractivity contribution < 1.29 is 9.59 Å². The van der Waals surface area contributed by atoms with Crippen molar-refractivity contribution in [2.45, 2.75) is 19.0 Å². The fourth-order valence-electron chi connectivity index (χ4n) is 3.77. The molecule has 1 saturated carbocycles. The Hall–Kier alpha value is -2.10. The quantitative estimate of drug-likeness (QED) is 0.833. The average Bonchev–Trinajstić information content (AvgIpc) is 3.05. The van der Waals surface area contributed by atoms with Crippen molar-refractivity contribution in [3.05, 3.63) is 48.0 Å². The molecule has 102 valence electrons. The van der Waals surface area contributed by atoms with Crippen molar-refractivity contribution in [1.82, 2.24) is 10.2 Å². The SMILES string of the molecule is O=C1N[C@@H]2[C@H](C(=O)N1Cc1ccccc1)[C@H]1C=C[C@@H]2C1. The number of fused-ring (bicyclic) bond motifs is 5. The normalized spacial score (nSPS) is 34.3. The summed E-state index contributed by atoms with van der Waals surface area (Å²) in [5.74, 6) is 0.569. The van der Waals surface area contributed by atoms with E-state index < -0.39 is 0 Å². The van der Waals surface area contributed by atoms with Crippen LogP contribution in [0.1, 0.15) is 12.0 Å². The van der Waals surface area contributed by atoms with Gasteiger partial charge in [0.2, 0.25) is 5.91 Å². The van der Waals surface area contributed by atoms with Crippen LogP contribution in [0.15, 0.2) is 42.5 Å². The summed E-state index contributed by atoms with van der Waals surface area (Å²) < 4.78 is 0. The van der Waals surface area contributed by atoms with Gasteiger partial charge in [0.25, 0.3) is 0 Å². The largest absolute Gasteiger partial charge is 0.333 e. The third-order valence-corrected chi connectivity index (χ3v) is 4.73. The van der Waals surface area contributed by atoms with Crippen LogP contribution in [0.4, 0.5) is 4.79 Å². The fourth-order valence-corrected chi connectivity index (χ4v) is 3.77. The highest BCUT2D eigenvalue weighted by Crippen LogP contribution is 2.46. The Morgan fingerprint density at radius 3 is 2.65 bits per heavy atom. The van der Waals surface area contributed by atoms with Crippen LogP contribution >= 0.6 is 0 Å². The molecule has 1 saturated heterocycles. The van der Waals surface area contributed by atoms with Crippen LogP contribution in [0.5, 0.6) is 0 Å². The molecule has 2 bridgehead atoms. The van der Waals surface area contributed by atoms with Crippen LogP contribution in [0.3, 0.4) is 0 Å². The maximum atomic E-state index is 12.6. The zero-order valence-electron chi connectivity index (χ0n) is 11.0. The van der Waals surface area contributed by atoms with Gasteiger partial charge in [-0.25, -0.2) is 4.79 Å². The number of hydrogen-bond donors (Lipinski definition) is 1. The molecule has 3 amide bonds. The van der Waals surface area contributed by atoms with E-state index in [9.17, 15) is 9.59 Å². The molecular weight excluding hydrogens is 252 g/mol. The van der Waals surface area contributed by atoms with Crippen molar-refractivity contribution in [2.75, 3.05) is 0 Å². The third-order valence-electron chi connectivity index (χ3n) is 4.73. The van der Waals surface area contributed by atoms with Crippen LogP contribution in [-0.2, 0) is 11.3 Å². The Labute approximate surface area is 117 Å². The summed E-state index contributed by atoms with van der Waals surface area (Å²) >= 11 is 0. The van der Waals surface area contributed by atoms with Crippen molar-refractivity contribution in [3.8, 4) is 0 Å². The Morgan fingerprint density at radius 1 is 1.10 bits per heavy atom. The minimum Gasteiger partial charge on any atom is -0.333 e. The van der Waals surface area contributed by atoms with Crippen molar-refractivity contribution in [3.63, 3.8) is 0 Å². The summed E-state index contributed by atoms with van der Waals surface area (Å²) in [6, 6.07) is 9.41. The van der Waals surface area contributed by atoms with E-state index in [1.54, 1.807) is 0 Å². The average molecular weight is 268 g/mol. The van der Waals surface area contributed by atoms with E-state index >= 15 is 0 Å². The third kappa shape index (κ3) is 1.60. The molecule has 0 aromatic heterocycles. The first-order valence-corrected chi connectivity index (χ1v) is 7.08. The van der Waals surface area contributed by atoms with Gasteiger partial charge < -0.3 is 5.32 Å². The van der Waals surface area contributed by atoms with Crippen LogP contribution in [0, 0.1) is 17.8 Å². The van der Waals surface area contributed by atoms with E-state index in [-0.39, 0.29) is 23.9 Å². The summed E-state index contributed by atoms with van der Waals surface area (Å²) in [6.07, 6.45) is 5.29. The number of rotatable bonds is 2. The van der Waals surface area contributed by atoms with Gasteiger partial charge in [0.05, 0.1) is 12.5 Å². The second kappa shape index (κ2) is 4.20. The van der Waals surface area contributed by atoms with Gasteiger partial charge in [-0.3, -0.25) is 9.69 Å². The van der Waals surface area contributed by atoms with E-state index in [2.05, 4.69) is 17.5 Å². The maximum Gasteiger partial charge on any atom is 0.324 e. The summed E-state index contributed by atoms with van der Waals surface area (Å²) in [7, 11) is 0. The minimum absolute atomic E-state index is 0.0111. The van der Waals surface area contributed by atoms with Crippen LogP contribution in [0.25, 0.3) is 0 Å². The first-order chi connectivity index (χ1) is 9.74. The molecule has 4 atom stereocenters. The molecular formula is C16H16N2O2. The summed E-state index contributed by atoms with van der Waals surface area (Å²) in [6.45, 7) is 0.357. The molecule has 1 aromatic carbocycles. The lowest BCUT2D eigenvalue weighted by molar-refractivity contribution is -0.136. The number of allylic oxidation sites excluding steroid dienone is 1. The summed E-state index contributed by atoms with van der Waals surface area (Å²) in [4.78, 5) is 26.2. The smallest absolute Gasteiger partial charge is 0.324 e. The van der Waals surface area contributed by atoms with Gasteiger partial charge in [-0.05, 0) is 23.8 Å². The molecule has 1 N–H and O–H groups in total. The monoisotopic (exact) mass is 268 g/mol. The Bertz CT molecular complexity index is 596. The highest BCUT2D eigenvalue weighted by atomic mass is 16.2. The van der Waals surface area contributed by atoms with Gasteiger partial charge in [0.15, 0.2) is 0 Å². The minimum atomic E-state index is -0.249. The lowest BCUT2D eigenvalue weighted by atomic mass is 9.86. The molecule has 2 aliphatic carbocycles.